The monoisotopic (exact) mass is 325 g/mol. The second-order valence-corrected chi connectivity index (χ2v) is 5.74. The number of aliphatic imine (C=N–C) groups is 1. The van der Waals surface area contributed by atoms with Crippen LogP contribution in [0.25, 0.3) is 0 Å². The lowest BCUT2D eigenvalue weighted by Gasteiger charge is -2.33. The van der Waals surface area contributed by atoms with E-state index >= 15 is 0 Å². The molecule has 2 aromatic carbocycles. The van der Waals surface area contributed by atoms with Gasteiger partial charge in [-0.2, -0.15) is 0 Å². The van der Waals surface area contributed by atoms with Crippen LogP contribution in [-0.2, 0) is 0 Å². The number of nitrogens with zero attached hydrogens (tertiary/aromatic N) is 2. The number of benzene rings is 2. The van der Waals surface area contributed by atoms with Gasteiger partial charge in [0.15, 0.2) is 12.0 Å². The fraction of sp³-hybridized carbons (Fsp3) is 0.167. The Morgan fingerprint density at radius 2 is 1.88 bits per heavy atom. The average Bonchev–Trinajstić information content (AvgIpc) is 2.54. The van der Waals surface area contributed by atoms with Crippen LogP contribution in [0.3, 0.4) is 0 Å². The Kier molecular flexibility index (Phi) is 4.37. The van der Waals surface area contributed by atoms with Crippen molar-refractivity contribution in [2.45, 2.75) is 13.1 Å². The van der Waals surface area contributed by atoms with E-state index in [2.05, 4.69) is 15.6 Å². The molecule has 0 fully saturated rings. The van der Waals surface area contributed by atoms with E-state index in [1.54, 1.807) is 24.1 Å². The number of likely N-dealkylation sites (N-methyl/N-ethyl adjacent to an activating group) is 1. The average molecular weight is 325 g/mol. The lowest BCUT2D eigenvalue weighted by Crippen LogP contribution is -2.47. The Balaban J connectivity index is 1.78. The molecule has 2 aromatic rings. The zero-order chi connectivity index (χ0) is 17.1. The number of aryl methyl sites for hydroxylation is 1. The first kappa shape index (κ1) is 15.9. The summed E-state index contributed by atoms with van der Waals surface area (Å²) >= 11 is 0. The molecular formula is C18H20FN5. The molecule has 5 nitrogen and oxygen atoms in total. The summed E-state index contributed by atoms with van der Waals surface area (Å²) in [6.07, 6.45) is 0.593. The Morgan fingerprint density at radius 1 is 1.12 bits per heavy atom. The van der Waals surface area contributed by atoms with Crippen molar-refractivity contribution in [2.24, 2.45) is 4.99 Å². The van der Waals surface area contributed by atoms with E-state index in [9.17, 15) is 4.39 Å². The van der Waals surface area contributed by atoms with Crippen LogP contribution in [0, 0.1) is 6.92 Å². The van der Waals surface area contributed by atoms with Gasteiger partial charge in [-0.25, -0.2) is 9.38 Å². The Labute approximate surface area is 140 Å². The molecule has 0 saturated carbocycles. The minimum absolute atomic E-state index is 0.350. The number of halogens is 1. The van der Waals surface area contributed by atoms with Crippen LogP contribution in [0.5, 0.6) is 0 Å². The zero-order valence-electron chi connectivity index (χ0n) is 13.6. The first-order valence-corrected chi connectivity index (χ1v) is 7.65. The van der Waals surface area contributed by atoms with Crippen molar-refractivity contribution >= 4 is 23.0 Å². The summed E-state index contributed by atoms with van der Waals surface area (Å²) in [7, 11) is 1.78. The highest BCUT2D eigenvalue weighted by atomic mass is 19.1. The molecule has 1 heterocycles. The van der Waals surface area contributed by atoms with E-state index < -0.39 is 6.17 Å². The molecule has 1 aliphatic heterocycles. The fourth-order valence-electron chi connectivity index (χ4n) is 2.52. The number of nitrogens with one attached hydrogen (secondary N) is 2. The second-order valence-electron chi connectivity index (χ2n) is 5.74. The van der Waals surface area contributed by atoms with E-state index in [4.69, 9.17) is 5.73 Å². The summed E-state index contributed by atoms with van der Waals surface area (Å²) in [4.78, 5) is 5.85. The highest BCUT2D eigenvalue weighted by Crippen LogP contribution is 2.22. The molecule has 3 rings (SSSR count). The maximum absolute atomic E-state index is 14.3. The van der Waals surface area contributed by atoms with Crippen LogP contribution in [0.15, 0.2) is 65.6 Å². The predicted octanol–water partition coefficient (Wildman–Crippen LogP) is 3.54. The second kappa shape index (κ2) is 6.62. The van der Waals surface area contributed by atoms with Crippen LogP contribution in [-0.4, -0.2) is 24.1 Å². The third kappa shape index (κ3) is 3.48. The summed E-state index contributed by atoms with van der Waals surface area (Å²) in [5, 5.41) is 6.35. The maximum atomic E-state index is 14.3. The summed E-state index contributed by atoms with van der Waals surface area (Å²) in [5.74, 6) is 0.185. The predicted molar refractivity (Wildman–Crippen MR) is 97.5 cm³/mol. The van der Waals surface area contributed by atoms with Crippen molar-refractivity contribution in [1.82, 2.24) is 4.90 Å². The maximum Gasteiger partial charge on any atom is 0.204 e. The Hall–Kier alpha value is -3.02. The van der Waals surface area contributed by atoms with Crippen molar-refractivity contribution in [2.75, 3.05) is 23.4 Å². The first-order chi connectivity index (χ1) is 11.5. The zero-order valence-corrected chi connectivity index (χ0v) is 13.6. The highest BCUT2D eigenvalue weighted by Gasteiger charge is 2.26. The van der Waals surface area contributed by atoms with Gasteiger partial charge in [-0.1, -0.05) is 18.2 Å². The molecule has 6 heteroatoms. The topological polar surface area (TPSA) is 65.7 Å². The lowest BCUT2D eigenvalue weighted by molar-refractivity contribution is 0.372. The molecule has 24 heavy (non-hydrogen) atoms. The molecule has 124 valence electrons. The number of rotatable bonds is 3. The van der Waals surface area contributed by atoms with Gasteiger partial charge in [0, 0.05) is 24.1 Å². The van der Waals surface area contributed by atoms with E-state index in [1.165, 1.54) is 6.20 Å². The molecule has 0 amide bonds. The number of hydrogen-bond donors (Lipinski definition) is 3. The molecule has 1 atom stereocenters. The number of hydrogen-bond acceptors (Lipinski definition) is 5. The van der Waals surface area contributed by atoms with Gasteiger partial charge >= 0.3 is 0 Å². The highest BCUT2D eigenvalue weighted by molar-refractivity contribution is 5.95. The van der Waals surface area contributed by atoms with Gasteiger partial charge in [-0.3, -0.25) is 0 Å². The smallest absolute Gasteiger partial charge is 0.204 e. The Morgan fingerprint density at radius 3 is 2.62 bits per heavy atom. The lowest BCUT2D eigenvalue weighted by atomic mass is 10.2. The molecule has 0 aliphatic carbocycles. The molecule has 0 aromatic heterocycles. The summed E-state index contributed by atoms with van der Waals surface area (Å²) in [6.45, 7) is 2.00. The van der Waals surface area contributed by atoms with Gasteiger partial charge in [0.05, 0.1) is 6.20 Å². The van der Waals surface area contributed by atoms with Crippen LogP contribution >= 0.6 is 0 Å². The number of nitrogen functional groups attached to an aromatic ring is 1. The minimum Gasteiger partial charge on any atom is -0.399 e. The van der Waals surface area contributed by atoms with Crippen LogP contribution < -0.4 is 16.4 Å². The van der Waals surface area contributed by atoms with Crippen LogP contribution in [0.4, 0.5) is 21.5 Å². The molecule has 1 unspecified atom stereocenters. The van der Waals surface area contributed by atoms with Gasteiger partial charge in [0.25, 0.3) is 0 Å². The van der Waals surface area contributed by atoms with Gasteiger partial charge in [0.2, 0.25) is 5.96 Å². The number of anilines is 3. The molecule has 0 spiro atoms. The van der Waals surface area contributed by atoms with E-state index in [1.807, 2.05) is 43.3 Å². The van der Waals surface area contributed by atoms with Crippen LogP contribution in [0.1, 0.15) is 5.56 Å². The number of nitrogens with two attached hydrogens (primary N) is 1. The normalized spacial score (nSPS) is 17.1. The molecule has 0 saturated heterocycles. The fourth-order valence-corrected chi connectivity index (χ4v) is 2.52. The summed E-state index contributed by atoms with van der Waals surface area (Å²) in [5.41, 5.74) is 9.19. The molecule has 4 N–H and O–H groups in total. The van der Waals surface area contributed by atoms with Gasteiger partial charge in [-0.15, -0.1) is 0 Å². The van der Waals surface area contributed by atoms with Crippen molar-refractivity contribution in [3.63, 3.8) is 0 Å². The van der Waals surface area contributed by atoms with Crippen molar-refractivity contribution in [3.05, 3.63) is 66.1 Å². The number of guanidine groups is 1. The molecule has 0 radical (unpaired) electrons. The molecular weight excluding hydrogens is 305 g/mol. The van der Waals surface area contributed by atoms with Crippen LogP contribution in [0.2, 0.25) is 0 Å². The standard InChI is InChI=1S/C18H20FN5/c1-12-5-3-7-14(9-12)22-17-16(19)11-21-18(24(17)2)23-15-8-4-6-13(20)10-15/h3-11,17,22H,20H2,1-2H3,(H,21,23). The van der Waals surface area contributed by atoms with Gasteiger partial charge in [-0.05, 0) is 42.8 Å². The SMILES string of the molecule is Cc1cccc(NC2C(F)=CN=C(Nc3cccc(N)c3)N2C)c1. The van der Waals surface area contributed by atoms with Crippen molar-refractivity contribution in [1.29, 1.82) is 0 Å². The molecule has 0 bridgehead atoms. The Bertz CT molecular complexity index is 800. The van der Waals surface area contributed by atoms with Crippen molar-refractivity contribution < 1.29 is 4.39 Å². The van der Waals surface area contributed by atoms with E-state index in [0.717, 1.165) is 16.9 Å². The van der Waals surface area contributed by atoms with Gasteiger partial charge in [0.1, 0.15) is 0 Å². The first-order valence-electron chi connectivity index (χ1n) is 7.65. The summed E-state index contributed by atoms with van der Waals surface area (Å²) < 4.78 is 14.3. The molecule has 1 aliphatic rings. The van der Waals surface area contributed by atoms with Gasteiger partial charge < -0.3 is 21.3 Å². The quantitative estimate of drug-likeness (QED) is 0.755. The third-order valence-corrected chi connectivity index (χ3v) is 3.76. The van der Waals surface area contributed by atoms with E-state index in [0.29, 0.717) is 11.6 Å². The largest absolute Gasteiger partial charge is 0.399 e. The summed E-state index contributed by atoms with van der Waals surface area (Å²) in [6, 6.07) is 15.1. The van der Waals surface area contributed by atoms with Crippen molar-refractivity contribution in [3.8, 4) is 0 Å². The van der Waals surface area contributed by atoms with E-state index in [-0.39, 0.29) is 5.83 Å². The third-order valence-electron chi connectivity index (χ3n) is 3.76. The minimum atomic E-state index is -0.632.